The molecule has 18 heavy (non-hydrogen) atoms. The summed E-state index contributed by atoms with van der Waals surface area (Å²) in [5, 5.41) is 0. The van der Waals surface area contributed by atoms with E-state index >= 15 is 0 Å². The highest BCUT2D eigenvalue weighted by atomic mass is 127. The Balaban J connectivity index is 2.04. The molecule has 1 nitrogen and oxygen atoms in total. The van der Waals surface area contributed by atoms with Crippen molar-refractivity contribution in [1.82, 2.24) is 0 Å². The molecule has 0 aliphatic heterocycles. The van der Waals surface area contributed by atoms with Gasteiger partial charge in [0.1, 0.15) is 12.4 Å². The minimum absolute atomic E-state index is 0.510. The van der Waals surface area contributed by atoms with Crippen LogP contribution in [0.2, 0.25) is 0 Å². The third-order valence-electron chi connectivity index (χ3n) is 2.46. The molecule has 0 aliphatic carbocycles. The normalized spacial score (nSPS) is 10.4. The summed E-state index contributed by atoms with van der Waals surface area (Å²) in [5.41, 5.74) is 2.23. The van der Waals surface area contributed by atoms with Crippen LogP contribution in [0.1, 0.15) is 11.1 Å². The molecule has 2 rings (SSSR count). The van der Waals surface area contributed by atoms with Crippen molar-refractivity contribution in [3.63, 3.8) is 0 Å². The third kappa shape index (κ3) is 3.87. The fourth-order valence-electron chi connectivity index (χ4n) is 1.49. The summed E-state index contributed by atoms with van der Waals surface area (Å²) in [6.07, 6.45) is 0. The van der Waals surface area contributed by atoms with Gasteiger partial charge in [0.05, 0.1) is 4.47 Å². The van der Waals surface area contributed by atoms with E-state index in [0.717, 1.165) is 21.3 Å². The lowest BCUT2D eigenvalue weighted by Gasteiger charge is -2.09. The highest BCUT2D eigenvalue weighted by Gasteiger charge is 2.03. The minimum atomic E-state index is 0.510. The predicted molar refractivity (Wildman–Crippen MR) is 87.2 cm³/mol. The second-order valence-electron chi connectivity index (χ2n) is 3.81. The smallest absolute Gasteiger partial charge is 0.134 e. The molecule has 94 valence electrons. The van der Waals surface area contributed by atoms with Crippen LogP contribution in [-0.4, -0.2) is 0 Å². The van der Waals surface area contributed by atoms with Gasteiger partial charge in [-0.15, -0.1) is 11.6 Å². The van der Waals surface area contributed by atoms with Crippen LogP contribution in [0.3, 0.4) is 0 Å². The average Bonchev–Trinajstić information content (AvgIpc) is 2.39. The van der Waals surface area contributed by atoms with Gasteiger partial charge in [-0.1, -0.05) is 18.2 Å². The van der Waals surface area contributed by atoms with Gasteiger partial charge in [0, 0.05) is 9.45 Å². The largest absolute Gasteiger partial charge is 0.488 e. The molecule has 2 aromatic rings. The van der Waals surface area contributed by atoms with Crippen LogP contribution in [0.5, 0.6) is 5.75 Å². The van der Waals surface area contributed by atoms with Gasteiger partial charge in [-0.05, 0) is 73.9 Å². The SMILES string of the molecule is ClCc1ccc(OCc2ccc(I)cc2)c(Br)c1. The van der Waals surface area contributed by atoms with Crippen LogP contribution in [0.15, 0.2) is 46.9 Å². The summed E-state index contributed by atoms with van der Waals surface area (Å²) in [7, 11) is 0. The van der Waals surface area contributed by atoms with Gasteiger partial charge in [-0.25, -0.2) is 0 Å². The zero-order chi connectivity index (χ0) is 13.0. The standard InChI is InChI=1S/C14H11BrClIO/c15-13-7-11(8-16)3-6-14(13)18-9-10-1-4-12(17)5-2-10/h1-7H,8-9H2. The van der Waals surface area contributed by atoms with Crippen molar-refractivity contribution in [1.29, 1.82) is 0 Å². The van der Waals surface area contributed by atoms with E-state index in [1.54, 1.807) is 0 Å². The first-order valence-electron chi connectivity index (χ1n) is 5.40. The molecule has 0 heterocycles. The Labute approximate surface area is 134 Å². The monoisotopic (exact) mass is 436 g/mol. The van der Waals surface area contributed by atoms with Gasteiger partial charge in [-0.2, -0.15) is 0 Å². The summed E-state index contributed by atoms with van der Waals surface area (Å²) < 4.78 is 7.93. The van der Waals surface area contributed by atoms with Crippen molar-refractivity contribution >= 4 is 50.1 Å². The highest BCUT2D eigenvalue weighted by Crippen LogP contribution is 2.27. The van der Waals surface area contributed by atoms with Gasteiger partial charge in [-0.3, -0.25) is 0 Å². The number of rotatable bonds is 4. The van der Waals surface area contributed by atoms with E-state index < -0.39 is 0 Å². The molecule has 2 aromatic carbocycles. The maximum atomic E-state index is 5.78. The number of alkyl halides is 1. The van der Waals surface area contributed by atoms with Crippen LogP contribution in [0.25, 0.3) is 0 Å². The van der Waals surface area contributed by atoms with Gasteiger partial charge in [0.15, 0.2) is 0 Å². The van der Waals surface area contributed by atoms with Gasteiger partial charge >= 0.3 is 0 Å². The van der Waals surface area contributed by atoms with Crippen LogP contribution < -0.4 is 4.74 Å². The molecule has 0 N–H and O–H groups in total. The van der Waals surface area contributed by atoms with Crippen LogP contribution in [0.4, 0.5) is 0 Å². The molecule has 0 aromatic heterocycles. The first-order chi connectivity index (χ1) is 8.69. The fraction of sp³-hybridized carbons (Fsp3) is 0.143. The molecule has 0 spiro atoms. The summed E-state index contributed by atoms with van der Waals surface area (Å²) >= 11 is 11.6. The molecule has 0 saturated heterocycles. The molecule has 0 fully saturated rings. The number of halogens is 3. The van der Waals surface area contributed by atoms with E-state index in [1.807, 2.05) is 18.2 Å². The maximum Gasteiger partial charge on any atom is 0.134 e. The number of hydrogen-bond donors (Lipinski definition) is 0. The number of ether oxygens (including phenoxy) is 1. The second-order valence-corrected chi connectivity index (χ2v) is 6.18. The zero-order valence-electron chi connectivity index (χ0n) is 9.50. The second kappa shape index (κ2) is 6.78. The lowest BCUT2D eigenvalue weighted by molar-refractivity contribution is 0.304. The van der Waals surface area contributed by atoms with Crippen LogP contribution in [-0.2, 0) is 12.5 Å². The lowest BCUT2D eigenvalue weighted by atomic mass is 10.2. The van der Waals surface area contributed by atoms with Crippen molar-refractivity contribution in [2.75, 3.05) is 0 Å². The lowest BCUT2D eigenvalue weighted by Crippen LogP contribution is -1.96. The summed E-state index contributed by atoms with van der Waals surface area (Å²) in [5.74, 6) is 1.35. The van der Waals surface area contributed by atoms with E-state index in [2.05, 4.69) is 62.8 Å². The number of benzene rings is 2. The van der Waals surface area contributed by atoms with E-state index in [-0.39, 0.29) is 0 Å². The molecular formula is C14H11BrClIO. The Bertz CT molecular complexity index is 528. The molecule has 4 heteroatoms. The van der Waals surface area contributed by atoms with E-state index in [0.29, 0.717) is 12.5 Å². The van der Waals surface area contributed by atoms with Crippen molar-refractivity contribution in [2.45, 2.75) is 12.5 Å². The van der Waals surface area contributed by atoms with Crippen molar-refractivity contribution < 1.29 is 4.74 Å². The van der Waals surface area contributed by atoms with E-state index in [9.17, 15) is 0 Å². The van der Waals surface area contributed by atoms with Gasteiger partial charge < -0.3 is 4.74 Å². The van der Waals surface area contributed by atoms with Crippen LogP contribution >= 0.6 is 50.1 Å². The first kappa shape index (κ1) is 14.2. The van der Waals surface area contributed by atoms with Crippen molar-refractivity contribution in [3.8, 4) is 5.75 Å². The van der Waals surface area contributed by atoms with Crippen molar-refractivity contribution in [3.05, 3.63) is 61.6 Å². The van der Waals surface area contributed by atoms with Gasteiger partial charge in [0.2, 0.25) is 0 Å². The first-order valence-corrected chi connectivity index (χ1v) is 7.81. The molecule has 0 bridgehead atoms. The number of hydrogen-bond acceptors (Lipinski definition) is 1. The van der Waals surface area contributed by atoms with E-state index in [4.69, 9.17) is 16.3 Å². The maximum absolute atomic E-state index is 5.78. The Morgan fingerprint density at radius 2 is 1.72 bits per heavy atom. The summed E-state index contributed by atoms with van der Waals surface area (Å²) in [6.45, 7) is 0.565. The quantitative estimate of drug-likeness (QED) is 0.462. The summed E-state index contributed by atoms with van der Waals surface area (Å²) in [4.78, 5) is 0. The summed E-state index contributed by atoms with van der Waals surface area (Å²) in [6, 6.07) is 14.2. The molecular weight excluding hydrogens is 426 g/mol. The van der Waals surface area contributed by atoms with Crippen molar-refractivity contribution in [2.24, 2.45) is 0 Å². The Hall–Kier alpha value is -0.260. The topological polar surface area (TPSA) is 9.23 Å². The molecule has 0 atom stereocenters. The third-order valence-corrected chi connectivity index (χ3v) is 4.11. The Morgan fingerprint density at radius 3 is 2.33 bits per heavy atom. The Morgan fingerprint density at radius 1 is 1.06 bits per heavy atom. The molecule has 0 amide bonds. The molecule has 0 radical (unpaired) electrons. The van der Waals surface area contributed by atoms with Gasteiger partial charge in [0.25, 0.3) is 0 Å². The van der Waals surface area contributed by atoms with Crippen LogP contribution in [0, 0.1) is 3.57 Å². The predicted octanol–water partition coefficient (Wildman–Crippen LogP) is 5.37. The minimum Gasteiger partial charge on any atom is -0.488 e. The molecule has 0 aliphatic rings. The average molecular weight is 438 g/mol. The van der Waals surface area contributed by atoms with E-state index in [1.165, 1.54) is 3.57 Å². The molecule has 0 unspecified atom stereocenters. The highest BCUT2D eigenvalue weighted by molar-refractivity contribution is 14.1. The fourth-order valence-corrected chi connectivity index (χ4v) is 2.55. The zero-order valence-corrected chi connectivity index (χ0v) is 14.0. The Kier molecular flexibility index (Phi) is 5.33. The molecule has 0 saturated carbocycles.